The van der Waals surface area contributed by atoms with Crippen molar-refractivity contribution in [3.8, 4) is 11.5 Å². The molecule has 9 heteroatoms. The van der Waals surface area contributed by atoms with Crippen LogP contribution in [0.25, 0.3) is 11.5 Å². The summed E-state index contributed by atoms with van der Waals surface area (Å²) in [5.41, 5.74) is 2.21. The minimum Gasteiger partial charge on any atom is -0.444 e. The summed E-state index contributed by atoms with van der Waals surface area (Å²) < 4.78 is 5.52. The molecule has 1 aromatic heterocycles. The zero-order valence-corrected chi connectivity index (χ0v) is 16.0. The van der Waals surface area contributed by atoms with Gasteiger partial charge in [0, 0.05) is 31.8 Å². The second-order valence-electron chi connectivity index (χ2n) is 6.06. The monoisotopic (exact) mass is 394 g/mol. The second-order valence-corrected chi connectivity index (χ2v) is 6.06. The summed E-state index contributed by atoms with van der Waals surface area (Å²) in [6.07, 6.45) is 1.61. The number of nitro groups is 1. The molecule has 0 bridgehead atoms. The van der Waals surface area contributed by atoms with Crippen molar-refractivity contribution in [2.75, 3.05) is 25.5 Å². The first-order valence-electron chi connectivity index (χ1n) is 9.09. The Labute approximate surface area is 168 Å². The lowest BCUT2D eigenvalue weighted by Crippen LogP contribution is -2.39. The summed E-state index contributed by atoms with van der Waals surface area (Å²) in [6.45, 7) is 1.47. The van der Waals surface area contributed by atoms with Gasteiger partial charge in [0.2, 0.25) is 5.89 Å². The highest BCUT2D eigenvalue weighted by molar-refractivity contribution is 5.79. The number of guanidine groups is 1. The summed E-state index contributed by atoms with van der Waals surface area (Å²) in [6, 6.07) is 16.2. The van der Waals surface area contributed by atoms with Crippen LogP contribution in [0.2, 0.25) is 0 Å². The summed E-state index contributed by atoms with van der Waals surface area (Å²) >= 11 is 0. The van der Waals surface area contributed by atoms with E-state index in [0.717, 1.165) is 11.3 Å². The van der Waals surface area contributed by atoms with Gasteiger partial charge in [-0.05, 0) is 18.2 Å². The van der Waals surface area contributed by atoms with E-state index in [-0.39, 0.29) is 5.69 Å². The Bertz CT molecular complexity index is 971. The predicted octanol–water partition coefficient (Wildman–Crippen LogP) is 3.03. The lowest BCUT2D eigenvalue weighted by Gasteiger charge is -2.12. The Hall–Kier alpha value is -3.88. The summed E-state index contributed by atoms with van der Waals surface area (Å²) in [7, 11) is 1.67. The van der Waals surface area contributed by atoms with Crippen LogP contribution in [0.3, 0.4) is 0 Å². The summed E-state index contributed by atoms with van der Waals surface area (Å²) in [4.78, 5) is 19.2. The van der Waals surface area contributed by atoms with Gasteiger partial charge < -0.3 is 20.4 Å². The van der Waals surface area contributed by atoms with E-state index in [4.69, 9.17) is 4.42 Å². The highest BCUT2D eigenvalue weighted by Crippen LogP contribution is 2.22. The van der Waals surface area contributed by atoms with Gasteiger partial charge in [0.15, 0.2) is 5.96 Å². The molecule has 1 heterocycles. The van der Waals surface area contributed by atoms with Gasteiger partial charge in [0.1, 0.15) is 12.0 Å². The molecule has 0 spiro atoms. The minimum atomic E-state index is -0.405. The molecular formula is C20H22N6O3. The molecule has 150 valence electrons. The predicted molar refractivity (Wildman–Crippen MR) is 112 cm³/mol. The molecule has 0 fully saturated rings. The van der Waals surface area contributed by atoms with Crippen LogP contribution in [0.5, 0.6) is 0 Å². The maximum Gasteiger partial charge on any atom is 0.292 e. The fraction of sp³-hybridized carbons (Fsp3) is 0.200. The van der Waals surface area contributed by atoms with Gasteiger partial charge in [-0.2, -0.15) is 0 Å². The number of hydrogen-bond acceptors (Lipinski definition) is 6. The second kappa shape index (κ2) is 9.88. The van der Waals surface area contributed by atoms with Crippen LogP contribution in [-0.2, 0) is 6.54 Å². The molecule has 3 rings (SSSR count). The van der Waals surface area contributed by atoms with E-state index >= 15 is 0 Å². The van der Waals surface area contributed by atoms with Crippen LogP contribution in [0.1, 0.15) is 5.69 Å². The van der Waals surface area contributed by atoms with Gasteiger partial charge in [0.05, 0.1) is 17.2 Å². The fourth-order valence-electron chi connectivity index (χ4n) is 2.66. The number of aliphatic imine (C=N–C) groups is 1. The molecule has 2 aromatic carbocycles. The van der Waals surface area contributed by atoms with Gasteiger partial charge in [-0.15, -0.1) is 0 Å². The van der Waals surface area contributed by atoms with E-state index in [1.165, 1.54) is 6.07 Å². The maximum absolute atomic E-state index is 11.0. The molecule has 0 aliphatic heterocycles. The van der Waals surface area contributed by atoms with E-state index < -0.39 is 4.92 Å². The van der Waals surface area contributed by atoms with Crippen molar-refractivity contribution in [2.45, 2.75) is 6.54 Å². The van der Waals surface area contributed by atoms with Crippen LogP contribution in [-0.4, -0.2) is 36.0 Å². The first-order chi connectivity index (χ1) is 14.2. The summed E-state index contributed by atoms with van der Waals surface area (Å²) in [5.74, 6) is 1.16. The van der Waals surface area contributed by atoms with E-state index in [0.29, 0.717) is 37.2 Å². The zero-order chi connectivity index (χ0) is 20.5. The van der Waals surface area contributed by atoms with Crippen molar-refractivity contribution >= 4 is 17.3 Å². The van der Waals surface area contributed by atoms with Gasteiger partial charge in [0.25, 0.3) is 5.69 Å². The molecule has 9 nitrogen and oxygen atoms in total. The first-order valence-corrected chi connectivity index (χ1v) is 9.09. The van der Waals surface area contributed by atoms with Crippen molar-refractivity contribution in [3.05, 3.63) is 76.7 Å². The van der Waals surface area contributed by atoms with Crippen LogP contribution in [0.15, 0.2) is 70.3 Å². The minimum absolute atomic E-state index is 0.0512. The number of benzene rings is 2. The van der Waals surface area contributed by atoms with Crippen molar-refractivity contribution in [1.82, 2.24) is 15.6 Å². The normalized spacial score (nSPS) is 11.1. The maximum atomic E-state index is 11.0. The molecule has 0 aliphatic carbocycles. The summed E-state index contributed by atoms with van der Waals surface area (Å²) in [5, 5.41) is 20.4. The van der Waals surface area contributed by atoms with Crippen molar-refractivity contribution in [1.29, 1.82) is 0 Å². The Kier molecular flexibility index (Phi) is 6.77. The molecule has 0 amide bonds. The van der Waals surface area contributed by atoms with E-state index in [2.05, 4.69) is 25.9 Å². The number of oxazole rings is 1. The lowest BCUT2D eigenvalue weighted by atomic mass is 10.2. The van der Waals surface area contributed by atoms with Crippen molar-refractivity contribution in [2.24, 2.45) is 4.99 Å². The molecule has 3 N–H and O–H groups in total. The third-order valence-corrected chi connectivity index (χ3v) is 4.07. The lowest BCUT2D eigenvalue weighted by molar-refractivity contribution is -0.384. The molecule has 0 unspecified atom stereocenters. The average molecular weight is 394 g/mol. The number of aromatic nitrogens is 1. The third-order valence-electron chi connectivity index (χ3n) is 4.07. The van der Waals surface area contributed by atoms with Crippen LogP contribution in [0.4, 0.5) is 11.4 Å². The highest BCUT2D eigenvalue weighted by Gasteiger charge is 2.11. The molecule has 29 heavy (non-hydrogen) atoms. The topological polar surface area (TPSA) is 118 Å². The van der Waals surface area contributed by atoms with Crippen LogP contribution < -0.4 is 16.0 Å². The number of para-hydroxylation sites is 2. The highest BCUT2D eigenvalue weighted by atomic mass is 16.6. The Balaban J connectivity index is 1.45. The van der Waals surface area contributed by atoms with Crippen molar-refractivity contribution < 1.29 is 9.34 Å². The first kappa shape index (κ1) is 19.9. The van der Waals surface area contributed by atoms with Crippen LogP contribution >= 0.6 is 0 Å². The average Bonchev–Trinajstić information content (AvgIpc) is 3.23. The standard InChI is InChI=1S/C20H22N6O3/c1-21-20(23-12-11-22-17-9-5-6-10-18(17)26(27)28)24-13-16-14-29-19(25-16)15-7-3-2-4-8-15/h2-10,14,22H,11-13H2,1H3,(H2,21,23,24). The fourth-order valence-corrected chi connectivity index (χ4v) is 2.66. The smallest absolute Gasteiger partial charge is 0.292 e. The van der Waals surface area contributed by atoms with Crippen LogP contribution in [0, 0.1) is 10.1 Å². The van der Waals surface area contributed by atoms with Gasteiger partial charge in [-0.3, -0.25) is 15.1 Å². The Morgan fingerprint density at radius 3 is 2.62 bits per heavy atom. The molecule has 0 aliphatic rings. The number of nitro benzene ring substituents is 1. The molecule has 0 saturated carbocycles. The molecule has 0 saturated heterocycles. The largest absolute Gasteiger partial charge is 0.444 e. The Morgan fingerprint density at radius 2 is 1.86 bits per heavy atom. The zero-order valence-electron chi connectivity index (χ0n) is 16.0. The van der Waals surface area contributed by atoms with Gasteiger partial charge >= 0.3 is 0 Å². The van der Waals surface area contributed by atoms with E-state index in [1.54, 1.807) is 31.5 Å². The number of anilines is 1. The Morgan fingerprint density at radius 1 is 1.10 bits per heavy atom. The third kappa shape index (κ3) is 5.55. The van der Waals surface area contributed by atoms with E-state index in [9.17, 15) is 10.1 Å². The molecular weight excluding hydrogens is 372 g/mol. The number of nitrogens with zero attached hydrogens (tertiary/aromatic N) is 3. The molecule has 0 radical (unpaired) electrons. The van der Waals surface area contributed by atoms with Gasteiger partial charge in [-0.1, -0.05) is 30.3 Å². The van der Waals surface area contributed by atoms with E-state index in [1.807, 2.05) is 30.3 Å². The number of hydrogen-bond donors (Lipinski definition) is 3. The van der Waals surface area contributed by atoms with Gasteiger partial charge in [-0.25, -0.2) is 4.98 Å². The SMILES string of the molecule is CN=C(NCCNc1ccccc1[N+](=O)[O-])NCc1coc(-c2ccccc2)n1. The molecule has 0 atom stereocenters. The van der Waals surface area contributed by atoms with Crippen molar-refractivity contribution in [3.63, 3.8) is 0 Å². The number of rotatable bonds is 8. The number of nitrogens with one attached hydrogen (secondary N) is 3. The quantitative estimate of drug-likeness (QED) is 0.177. The molecule has 3 aromatic rings.